The molecule has 0 aliphatic carbocycles. The Labute approximate surface area is 122 Å². The van der Waals surface area contributed by atoms with Gasteiger partial charge in [0, 0.05) is 11.4 Å². The topological polar surface area (TPSA) is 80.0 Å². The fraction of sp³-hybridized carbons (Fsp3) is 0.0909. The zero-order valence-electron chi connectivity index (χ0n) is 9.31. The highest BCUT2D eigenvalue weighted by Gasteiger charge is 2.01. The van der Waals surface area contributed by atoms with Crippen molar-refractivity contribution in [3.8, 4) is 0 Å². The van der Waals surface area contributed by atoms with Crippen LogP contribution in [-0.4, -0.2) is 11.0 Å². The van der Waals surface area contributed by atoms with Crippen molar-refractivity contribution < 1.29 is 4.79 Å². The lowest BCUT2D eigenvalue weighted by Crippen LogP contribution is -2.19. The van der Waals surface area contributed by atoms with Crippen LogP contribution in [0.2, 0.25) is 0 Å². The van der Waals surface area contributed by atoms with Crippen molar-refractivity contribution in [1.82, 2.24) is 4.98 Å². The Morgan fingerprint density at radius 2 is 2.22 bits per heavy atom. The third-order valence-electron chi connectivity index (χ3n) is 2.10. The molecule has 2 aromatic rings. The lowest BCUT2D eigenvalue weighted by Gasteiger charge is -2.07. The summed E-state index contributed by atoms with van der Waals surface area (Å²) in [6, 6.07) is 6.80. The van der Waals surface area contributed by atoms with Crippen molar-refractivity contribution in [2.45, 2.75) is 6.54 Å². The Morgan fingerprint density at radius 3 is 2.89 bits per heavy atom. The Morgan fingerprint density at radius 1 is 1.44 bits per heavy atom. The van der Waals surface area contributed by atoms with Gasteiger partial charge in [0.25, 0.3) is 0 Å². The number of rotatable bonds is 4. The molecule has 2 rings (SSSR count). The molecule has 1 aromatic heterocycles. The number of carbonyl (C=O) groups is 1. The zero-order valence-corrected chi connectivity index (χ0v) is 12.3. The number of thiazole rings is 1. The second-order valence-corrected chi connectivity index (χ2v) is 6.49. The third-order valence-corrected chi connectivity index (χ3v) is 3.82. The number of aromatic nitrogens is 1. The molecule has 0 aliphatic heterocycles. The molecule has 1 heterocycles. The molecule has 0 radical (unpaired) electrons. The number of primary amides is 1. The maximum atomic E-state index is 10.7. The van der Waals surface area contributed by atoms with Gasteiger partial charge in [-0.2, -0.15) is 0 Å². The van der Waals surface area contributed by atoms with Gasteiger partial charge in [-0.1, -0.05) is 6.07 Å². The van der Waals surface area contributed by atoms with E-state index in [1.165, 1.54) is 0 Å². The van der Waals surface area contributed by atoms with Gasteiger partial charge < -0.3 is 16.4 Å². The lowest BCUT2D eigenvalue weighted by molar-refractivity contribution is 0.259. The first-order valence-electron chi connectivity index (χ1n) is 5.14. The normalized spacial score (nSPS) is 10.1. The third kappa shape index (κ3) is 3.84. The fourth-order valence-electron chi connectivity index (χ4n) is 1.40. The van der Waals surface area contributed by atoms with Crippen LogP contribution in [0.1, 0.15) is 5.01 Å². The minimum absolute atomic E-state index is 0.568. The number of nitrogens with one attached hydrogen (secondary N) is 2. The van der Waals surface area contributed by atoms with Crippen LogP contribution in [0.25, 0.3) is 0 Å². The molecule has 0 saturated carbocycles. The standard InChI is InChI=1S/C11H11IN4OS/c12-9-5-15-10(18-9)6-14-7-2-1-3-8(4-7)16-11(13)17/h1-5,14H,6H2,(H3,13,16,17). The quantitative estimate of drug-likeness (QED) is 0.720. The van der Waals surface area contributed by atoms with Crippen LogP contribution in [0.4, 0.5) is 16.2 Å². The smallest absolute Gasteiger partial charge is 0.316 e. The van der Waals surface area contributed by atoms with Crippen LogP contribution in [0.15, 0.2) is 30.5 Å². The van der Waals surface area contributed by atoms with Crippen LogP contribution in [0, 0.1) is 2.88 Å². The van der Waals surface area contributed by atoms with Gasteiger partial charge in [0.1, 0.15) is 5.01 Å². The molecule has 94 valence electrons. The van der Waals surface area contributed by atoms with E-state index in [4.69, 9.17) is 5.73 Å². The summed E-state index contributed by atoms with van der Waals surface area (Å²) in [5.41, 5.74) is 6.64. The molecule has 0 saturated heterocycles. The molecular weight excluding hydrogens is 363 g/mol. The molecule has 2 amide bonds. The van der Waals surface area contributed by atoms with Gasteiger partial charge in [-0.25, -0.2) is 9.78 Å². The van der Waals surface area contributed by atoms with Gasteiger partial charge in [0.05, 0.1) is 15.6 Å². The van der Waals surface area contributed by atoms with E-state index in [0.717, 1.165) is 13.6 Å². The summed E-state index contributed by atoms with van der Waals surface area (Å²) < 4.78 is 1.16. The summed E-state index contributed by atoms with van der Waals surface area (Å²) in [7, 11) is 0. The molecule has 0 spiro atoms. The molecule has 0 aliphatic rings. The van der Waals surface area contributed by atoms with Crippen LogP contribution < -0.4 is 16.4 Å². The number of amides is 2. The minimum atomic E-state index is -0.568. The van der Waals surface area contributed by atoms with E-state index in [1.807, 2.05) is 24.4 Å². The van der Waals surface area contributed by atoms with E-state index in [9.17, 15) is 4.79 Å². The first-order chi connectivity index (χ1) is 8.63. The van der Waals surface area contributed by atoms with Crippen LogP contribution in [0.5, 0.6) is 0 Å². The van der Waals surface area contributed by atoms with Crippen molar-refractivity contribution in [3.63, 3.8) is 0 Å². The van der Waals surface area contributed by atoms with E-state index in [0.29, 0.717) is 12.2 Å². The van der Waals surface area contributed by atoms with Crippen LogP contribution in [0.3, 0.4) is 0 Å². The second-order valence-electron chi connectivity index (χ2n) is 3.48. The summed E-state index contributed by atoms with van der Waals surface area (Å²) in [6.07, 6.45) is 1.84. The molecule has 0 fully saturated rings. The van der Waals surface area contributed by atoms with Gasteiger partial charge >= 0.3 is 6.03 Å². The molecule has 1 aromatic carbocycles. The largest absolute Gasteiger partial charge is 0.378 e. The van der Waals surface area contributed by atoms with E-state index in [-0.39, 0.29) is 0 Å². The van der Waals surface area contributed by atoms with Crippen molar-refractivity contribution in [2.24, 2.45) is 5.73 Å². The first-order valence-corrected chi connectivity index (χ1v) is 7.03. The number of urea groups is 1. The first kappa shape index (κ1) is 13.1. The predicted molar refractivity (Wildman–Crippen MR) is 81.8 cm³/mol. The lowest BCUT2D eigenvalue weighted by atomic mass is 10.3. The van der Waals surface area contributed by atoms with E-state index >= 15 is 0 Å². The monoisotopic (exact) mass is 374 g/mol. The summed E-state index contributed by atoms with van der Waals surface area (Å²) in [5.74, 6) is 0. The number of hydrogen-bond acceptors (Lipinski definition) is 4. The Kier molecular flexibility index (Phi) is 4.37. The Bertz CT molecular complexity index is 557. The fourth-order valence-corrected chi connectivity index (χ4v) is 2.88. The molecule has 0 unspecified atom stereocenters. The zero-order chi connectivity index (χ0) is 13.0. The van der Waals surface area contributed by atoms with Crippen molar-refractivity contribution >= 4 is 51.3 Å². The van der Waals surface area contributed by atoms with Crippen molar-refractivity contribution in [3.05, 3.63) is 38.4 Å². The van der Waals surface area contributed by atoms with Crippen molar-refractivity contribution in [1.29, 1.82) is 0 Å². The maximum Gasteiger partial charge on any atom is 0.316 e. The van der Waals surface area contributed by atoms with Gasteiger partial charge in [-0.3, -0.25) is 0 Å². The van der Waals surface area contributed by atoms with E-state index < -0.39 is 6.03 Å². The number of anilines is 2. The SMILES string of the molecule is NC(=O)Nc1cccc(NCc2ncc(I)s2)c1. The molecule has 7 heteroatoms. The highest BCUT2D eigenvalue weighted by atomic mass is 127. The highest BCUT2D eigenvalue weighted by molar-refractivity contribution is 14.1. The van der Waals surface area contributed by atoms with Gasteiger partial charge in [-0.05, 0) is 40.8 Å². The number of hydrogen-bond donors (Lipinski definition) is 3. The number of carbonyl (C=O) groups excluding carboxylic acids is 1. The van der Waals surface area contributed by atoms with Gasteiger partial charge in [0.15, 0.2) is 0 Å². The molecule has 4 N–H and O–H groups in total. The van der Waals surface area contributed by atoms with Gasteiger partial charge in [-0.15, -0.1) is 11.3 Å². The number of benzene rings is 1. The molecule has 18 heavy (non-hydrogen) atoms. The maximum absolute atomic E-state index is 10.7. The van der Waals surface area contributed by atoms with E-state index in [1.54, 1.807) is 17.4 Å². The number of nitrogens with zero attached hydrogens (tertiary/aromatic N) is 1. The van der Waals surface area contributed by atoms with Crippen molar-refractivity contribution in [2.75, 3.05) is 10.6 Å². The highest BCUT2D eigenvalue weighted by Crippen LogP contribution is 2.18. The average molecular weight is 374 g/mol. The number of halogens is 1. The number of nitrogens with two attached hydrogens (primary N) is 1. The van der Waals surface area contributed by atoms with Gasteiger partial charge in [0.2, 0.25) is 0 Å². The Hall–Kier alpha value is -1.35. The van der Waals surface area contributed by atoms with E-state index in [2.05, 4.69) is 38.2 Å². The van der Waals surface area contributed by atoms with Crippen LogP contribution >= 0.6 is 33.9 Å². The average Bonchev–Trinajstić information content (AvgIpc) is 2.72. The second kappa shape index (κ2) is 6.01. The minimum Gasteiger partial charge on any atom is -0.378 e. The Balaban J connectivity index is 1.98. The molecule has 5 nitrogen and oxygen atoms in total. The molecule has 0 atom stereocenters. The van der Waals surface area contributed by atoms with Crippen LogP contribution in [-0.2, 0) is 6.54 Å². The summed E-state index contributed by atoms with van der Waals surface area (Å²) in [5, 5.41) is 6.79. The summed E-state index contributed by atoms with van der Waals surface area (Å²) >= 11 is 3.89. The molecular formula is C11H11IN4OS. The summed E-state index contributed by atoms with van der Waals surface area (Å²) in [6.45, 7) is 0.660. The summed E-state index contributed by atoms with van der Waals surface area (Å²) in [4.78, 5) is 15.0. The predicted octanol–water partition coefficient (Wildman–Crippen LogP) is 2.85. The molecule has 0 bridgehead atoms.